The summed E-state index contributed by atoms with van der Waals surface area (Å²) in [5.41, 5.74) is -0.836. The van der Waals surface area contributed by atoms with Gasteiger partial charge in [-0.2, -0.15) is 13.2 Å². The van der Waals surface area contributed by atoms with Gasteiger partial charge in [-0.1, -0.05) is 17.7 Å². The fraction of sp³-hybridized carbons (Fsp3) is 0.300. The molecule has 6 heteroatoms. The average molecular weight is 250 g/mol. The lowest BCUT2D eigenvalue weighted by Gasteiger charge is -2.13. The number of benzene rings is 1. The summed E-state index contributed by atoms with van der Waals surface area (Å²) in [6.45, 7) is -0.0592. The van der Waals surface area contributed by atoms with E-state index >= 15 is 0 Å². The quantitative estimate of drug-likeness (QED) is 0.597. The topological polar surface area (TPSA) is 29.4 Å². The van der Waals surface area contributed by atoms with E-state index in [0.29, 0.717) is 0 Å². The zero-order chi connectivity index (χ0) is 12.2. The maximum absolute atomic E-state index is 12.6. The Morgan fingerprint density at radius 2 is 2.06 bits per heavy atom. The van der Waals surface area contributed by atoms with Crippen LogP contribution in [0.2, 0.25) is 5.02 Å². The number of isocyanates is 1. The number of hydrogen-bond donors (Lipinski definition) is 0. The van der Waals surface area contributed by atoms with Crippen molar-refractivity contribution in [3.63, 3.8) is 0 Å². The van der Waals surface area contributed by atoms with Crippen LogP contribution in [-0.2, 0) is 17.4 Å². The minimum absolute atomic E-state index is 0.0240. The smallest absolute Gasteiger partial charge is 0.211 e. The van der Waals surface area contributed by atoms with Crippen LogP contribution >= 0.6 is 11.6 Å². The van der Waals surface area contributed by atoms with Crippen LogP contribution in [0.3, 0.4) is 0 Å². The van der Waals surface area contributed by atoms with E-state index in [1.54, 1.807) is 0 Å². The molecule has 0 aliphatic carbocycles. The van der Waals surface area contributed by atoms with Crippen molar-refractivity contribution in [1.82, 2.24) is 0 Å². The molecule has 86 valence electrons. The van der Waals surface area contributed by atoms with Gasteiger partial charge < -0.3 is 0 Å². The van der Waals surface area contributed by atoms with E-state index in [0.717, 1.165) is 6.07 Å². The molecule has 0 N–H and O–H groups in total. The molecule has 1 aromatic rings. The Morgan fingerprint density at radius 3 is 2.62 bits per heavy atom. The molecule has 0 heterocycles. The van der Waals surface area contributed by atoms with E-state index in [9.17, 15) is 18.0 Å². The molecule has 0 fully saturated rings. The first-order valence-corrected chi connectivity index (χ1v) is 4.73. The molecule has 16 heavy (non-hydrogen) atoms. The number of rotatable bonds is 3. The van der Waals surface area contributed by atoms with Crippen LogP contribution in [0.4, 0.5) is 13.2 Å². The molecule has 2 nitrogen and oxygen atoms in total. The lowest BCUT2D eigenvalue weighted by Crippen LogP contribution is -2.10. The van der Waals surface area contributed by atoms with Gasteiger partial charge in [0.2, 0.25) is 6.08 Å². The Kier molecular flexibility index (Phi) is 4.10. The van der Waals surface area contributed by atoms with Crippen LogP contribution in [-0.4, -0.2) is 12.6 Å². The van der Waals surface area contributed by atoms with Gasteiger partial charge in [-0.3, -0.25) is 0 Å². The number of alkyl halides is 3. The first-order chi connectivity index (χ1) is 7.46. The number of carbonyl (C=O) groups excluding carboxylic acids is 1. The van der Waals surface area contributed by atoms with Crippen molar-refractivity contribution in [3.05, 3.63) is 34.3 Å². The summed E-state index contributed by atoms with van der Waals surface area (Å²) in [6.07, 6.45) is -3.22. The normalized spacial score (nSPS) is 11.0. The highest BCUT2D eigenvalue weighted by Crippen LogP contribution is 2.35. The fourth-order valence-electron chi connectivity index (χ4n) is 1.29. The molecule has 0 radical (unpaired) electrons. The van der Waals surface area contributed by atoms with Crippen molar-refractivity contribution in [2.45, 2.75) is 12.6 Å². The zero-order valence-corrected chi connectivity index (χ0v) is 8.77. The Balaban J connectivity index is 3.08. The van der Waals surface area contributed by atoms with Crippen molar-refractivity contribution in [1.29, 1.82) is 0 Å². The fourth-order valence-corrected chi connectivity index (χ4v) is 1.56. The molecule has 0 aliphatic heterocycles. The minimum atomic E-state index is -4.45. The van der Waals surface area contributed by atoms with Crippen LogP contribution in [0.25, 0.3) is 0 Å². The number of aliphatic imine (C=N–C) groups is 1. The standard InChI is InChI=1S/C10H7ClF3NO/c11-9-3-1-2-8(10(12,13)14)7(9)4-5-15-6-16/h1-3H,4-5H2. The highest BCUT2D eigenvalue weighted by Gasteiger charge is 2.33. The third-order valence-electron chi connectivity index (χ3n) is 1.96. The Labute approximate surface area is 94.7 Å². The van der Waals surface area contributed by atoms with Gasteiger partial charge >= 0.3 is 6.18 Å². The van der Waals surface area contributed by atoms with E-state index in [1.165, 1.54) is 18.2 Å². The van der Waals surface area contributed by atoms with Gasteiger partial charge in [0.25, 0.3) is 0 Å². The molecule has 0 spiro atoms. The first kappa shape index (κ1) is 12.7. The van der Waals surface area contributed by atoms with Crippen molar-refractivity contribution in [3.8, 4) is 0 Å². The molecule has 1 aromatic carbocycles. The van der Waals surface area contributed by atoms with Gasteiger partial charge in [-0.05, 0) is 24.1 Å². The molecule has 0 saturated carbocycles. The van der Waals surface area contributed by atoms with Gasteiger partial charge in [0.15, 0.2) is 0 Å². The van der Waals surface area contributed by atoms with Gasteiger partial charge in [0.1, 0.15) is 0 Å². The van der Waals surface area contributed by atoms with Crippen molar-refractivity contribution in [2.75, 3.05) is 6.54 Å². The number of nitrogens with zero attached hydrogens (tertiary/aromatic N) is 1. The summed E-state index contributed by atoms with van der Waals surface area (Å²) < 4.78 is 37.7. The lowest BCUT2D eigenvalue weighted by molar-refractivity contribution is -0.138. The largest absolute Gasteiger partial charge is 0.416 e. The van der Waals surface area contributed by atoms with Crippen molar-refractivity contribution in [2.24, 2.45) is 4.99 Å². The summed E-state index contributed by atoms with van der Waals surface area (Å²) in [4.78, 5) is 13.0. The SMILES string of the molecule is O=C=NCCc1c(Cl)cccc1C(F)(F)F. The maximum Gasteiger partial charge on any atom is 0.416 e. The maximum atomic E-state index is 12.6. The van der Waals surface area contributed by atoms with E-state index in [-0.39, 0.29) is 23.6 Å². The van der Waals surface area contributed by atoms with Gasteiger partial charge in [0.05, 0.1) is 12.1 Å². The molecule has 0 aliphatic rings. The van der Waals surface area contributed by atoms with Crippen LogP contribution in [0, 0.1) is 0 Å². The second-order valence-corrected chi connectivity index (χ2v) is 3.39. The van der Waals surface area contributed by atoms with Crippen LogP contribution in [0.5, 0.6) is 0 Å². The molecule has 0 atom stereocenters. The summed E-state index contributed by atoms with van der Waals surface area (Å²) in [5, 5.41) is 0.0240. The first-order valence-electron chi connectivity index (χ1n) is 4.35. The molecule has 0 unspecified atom stereocenters. The molecule has 1 rings (SSSR count). The predicted octanol–water partition coefficient (Wildman–Crippen LogP) is 3.24. The van der Waals surface area contributed by atoms with Gasteiger partial charge in [-0.15, -0.1) is 0 Å². The summed E-state index contributed by atoms with van der Waals surface area (Å²) >= 11 is 5.67. The second kappa shape index (κ2) is 5.14. The Bertz CT molecular complexity index is 425. The molecular formula is C10H7ClF3NO. The summed E-state index contributed by atoms with van der Waals surface area (Å²) in [6, 6.07) is 3.56. The highest BCUT2D eigenvalue weighted by atomic mass is 35.5. The lowest BCUT2D eigenvalue weighted by atomic mass is 10.0. The van der Waals surface area contributed by atoms with Crippen LogP contribution in [0.1, 0.15) is 11.1 Å². The predicted molar refractivity (Wildman–Crippen MR) is 53.1 cm³/mol. The third-order valence-corrected chi connectivity index (χ3v) is 2.32. The molecular weight excluding hydrogens is 243 g/mol. The molecule has 0 bridgehead atoms. The van der Waals surface area contributed by atoms with Crippen LogP contribution in [0.15, 0.2) is 23.2 Å². The minimum Gasteiger partial charge on any atom is -0.211 e. The molecule has 0 aromatic heterocycles. The molecule has 0 saturated heterocycles. The molecule has 0 amide bonds. The third kappa shape index (κ3) is 3.08. The summed E-state index contributed by atoms with van der Waals surface area (Å²) in [7, 11) is 0. The van der Waals surface area contributed by atoms with Crippen molar-refractivity contribution >= 4 is 17.7 Å². The second-order valence-electron chi connectivity index (χ2n) is 2.99. The van der Waals surface area contributed by atoms with E-state index < -0.39 is 11.7 Å². The average Bonchev–Trinajstić information content (AvgIpc) is 2.19. The monoisotopic (exact) mass is 249 g/mol. The zero-order valence-electron chi connectivity index (χ0n) is 8.01. The number of hydrogen-bond acceptors (Lipinski definition) is 2. The van der Waals surface area contributed by atoms with E-state index in [1.807, 2.05) is 0 Å². The van der Waals surface area contributed by atoms with E-state index in [4.69, 9.17) is 11.6 Å². The number of halogens is 4. The van der Waals surface area contributed by atoms with E-state index in [2.05, 4.69) is 4.99 Å². The Hall–Kier alpha value is -1.32. The van der Waals surface area contributed by atoms with Gasteiger partial charge in [0, 0.05) is 5.02 Å². The summed E-state index contributed by atoms with van der Waals surface area (Å²) in [5.74, 6) is 0. The van der Waals surface area contributed by atoms with Gasteiger partial charge in [-0.25, -0.2) is 9.79 Å². The van der Waals surface area contributed by atoms with Crippen molar-refractivity contribution < 1.29 is 18.0 Å². The van der Waals surface area contributed by atoms with Crippen LogP contribution < -0.4 is 0 Å². The Morgan fingerprint density at radius 1 is 1.38 bits per heavy atom. The highest BCUT2D eigenvalue weighted by molar-refractivity contribution is 6.31.